The number of aromatic nitrogens is 3. The van der Waals surface area contributed by atoms with Crippen LogP contribution in [-0.2, 0) is 11.3 Å². The van der Waals surface area contributed by atoms with Crippen molar-refractivity contribution in [1.82, 2.24) is 15.0 Å². The van der Waals surface area contributed by atoms with Gasteiger partial charge >= 0.3 is 5.97 Å². The number of rotatable bonds is 7. The second-order valence-corrected chi connectivity index (χ2v) is 4.29. The van der Waals surface area contributed by atoms with Crippen LogP contribution in [0, 0.1) is 0 Å². The molecule has 0 aliphatic carbocycles. The number of carboxylic acid groups (broad SMARTS) is 1. The fourth-order valence-electron chi connectivity index (χ4n) is 1.83. The van der Waals surface area contributed by atoms with Crippen LogP contribution >= 0.6 is 0 Å². The summed E-state index contributed by atoms with van der Waals surface area (Å²) in [5, 5.41) is 16.9. The monoisotopic (exact) mass is 263 g/mol. The lowest BCUT2D eigenvalue weighted by molar-refractivity contribution is 0.0697. The summed E-state index contributed by atoms with van der Waals surface area (Å²) < 4.78 is 7.18. The van der Waals surface area contributed by atoms with Crippen molar-refractivity contribution in [3.05, 3.63) is 23.8 Å². The molecule has 2 aromatic rings. The number of nitrogens with zero attached hydrogens (tertiary/aromatic N) is 3. The third-order valence-electron chi connectivity index (χ3n) is 2.77. The van der Waals surface area contributed by atoms with Crippen molar-refractivity contribution < 1.29 is 14.6 Å². The number of fused-ring (bicyclic) bond motifs is 1. The molecule has 0 saturated heterocycles. The largest absolute Gasteiger partial charge is 0.478 e. The molecule has 0 radical (unpaired) electrons. The molecule has 0 amide bonds. The van der Waals surface area contributed by atoms with Crippen LogP contribution in [0.5, 0.6) is 0 Å². The van der Waals surface area contributed by atoms with Crippen LogP contribution in [0.1, 0.15) is 30.1 Å². The summed E-state index contributed by atoms with van der Waals surface area (Å²) >= 11 is 0. The van der Waals surface area contributed by atoms with Gasteiger partial charge in [-0.05, 0) is 31.0 Å². The summed E-state index contributed by atoms with van der Waals surface area (Å²) in [4.78, 5) is 10.9. The van der Waals surface area contributed by atoms with Gasteiger partial charge in [-0.25, -0.2) is 9.48 Å². The van der Waals surface area contributed by atoms with E-state index in [-0.39, 0.29) is 5.56 Å². The van der Waals surface area contributed by atoms with E-state index in [9.17, 15) is 4.79 Å². The van der Waals surface area contributed by atoms with E-state index in [1.807, 2.05) is 0 Å². The minimum Gasteiger partial charge on any atom is -0.478 e. The van der Waals surface area contributed by atoms with Gasteiger partial charge in [0.05, 0.1) is 11.1 Å². The third-order valence-corrected chi connectivity index (χ3v) is 2.77. The molecular formula is C13H17N3O3. The zero-order valence-corrected chi connectivity index (χ0v) is 10.9. The Morgan fingerprint density at radius 3 is 3.00 bits per heavy atom. The van der Waals surface area contributed by atoms with Crippen molar-refractivity contribution in [3.63, 3.8) is 0 Å². The summed E-state index contributed by atoms with van der Waals surface area (Å²) in [5.41, 5.74) is 1.68. The second kappa shape index (κ2) is 6.29. The quantitative estimate of drug-likeness (QED) is 0.772. The van der Waals surface area contributed by atoms with Gasteiger partial charge in [0.1, 0.15) is 5.52 Å². The Hall–Kier alpha value is -1.95. The molecule has 2 rings (SSSR count). The Kier molecular flexibility index (Phi) is 4.46. The van der Waals surface area contributed by atoms with Gasteiger partial charge in [0, 0.05) is 19.8 Å². The predicted octanol–water partition coefficient (Wildman–Crippen LogP) is 1.95. The summed E-state index contributed by atoms with van der Waals surface area (Å²) in [6.45, 7) is 4.26. The Balaban J connectivity index is 2.02. The molecule has 0 spiro atoms. The summed E-state index contributed by atoms with van der Waals surface area (Å²) in [6, 6.07) is 4.85. The van der Waals surface area contributed by atoms with Crippen LogP contribution < -0.4 is 0 Å². The lowest BCUT2D eigenvalue weighted by atomic mass is 10.2. The highest BCUT2D eigenvalue weighted by molar-refractivity contribution is 5.92. The average Bonchev–Trinajstić information content (AvgIpc) is 2.81. The molecule has 6 heteroatoms. The fourth-order valence-corrected chi connectivity index (χ4v) is 1.83. The van der Waals surface area contributed by atoms with Crippen molar-refractivity contribution in [3.8, 4) is 0 Å². The summed E-state index contributed by atoms with van der Waals surface area (Å²) in [7, 11) is 0. The zero-order valence-electron chi connectivity index (χ0n) is 10.9. The van der Waals surface area contributed by atoms with E-state index in [2.05, 4.69) is 17.2 Å². The minimum atomic E-state index is -0.954. The Morgan fingerprint density at radius 2 is 2.26 bits per heavy atom. The van der Waals surface area contributed by atoms with Crippen LogP contribution in [0.25, 0.3) is 11.0 Å². The van der Waals surface area contributed by atoms with Gasteiger partial charge in [0.2, 0.25) is 0 Å². The fraction of sp³-hybridized carbons (Fsp3) is 0.462. The maximum Gasteiger partial charge on any atom is 0.335 e. The first-order chi connectivity index (χ1) is 9.22. The molecule has 0 unspecified atom stereocenters. The highest BCUT2D eigenvalue weighted by Crippen LogP contribution is 2.13. The molecule has 102 valence electrons. The molecule has 0 aliphatic heterocycles. The standard InChI is InChI=1S/C13H17N3O3/c1-2-7-19-8-3-6-16-12-5-4-10(13(17)18)9-11(12)14-15-16/h4-5,9H,2-3,6-8H2,1H3,(H,17,18). The number of aryl methyl sites for hydroxylation is 1. The van der Waals surface area contributed by atoms with E-state index >= 15 is 0 Å². The maximum absolute atomic E-state index is 10.9. The van der Waals surface area contributed by atoms with Gasteiger partial charge in [0.25, 0.3) is 0 Å². The van der Waals surface area contributed by atoms with Crippen molar-refractivity contribution in [2.75, 3.05) is 13.2 Å². The first kappa shape index (κ1) is 13.5. The Labute approximate surface area is 111 Å². The number of carbonyl (C=O) groups is 1. The van der Waals surface area contributed by atoms with Crippen LogP contribution in [0.15, 0.2) is 18.2 Å². The first-order valence-corrected chi connectivity index (χ1v) is 6.36. The van der Waals surface area contributed by atoms with Crippen molar-refractivity contribution in [1.29, 1.82) is 0 Å². The number of benzene rings is 1. The number of carboxylic acids is 1. The number of hydrogen-bond donors (Lipinski definition) is 1. The highest BCUT2D eigenvalue weighted by atomic mass is 16.5. The van der Waals surface area contributed by atoms with Gasteiger partial charge in [-0.1, -0.05) is 12.1 Å². The van der Waals surface area contributed by atoms with E-state index in [0.717, 1.165) is 25.0 Å². The number of aromatic carboxylic acids is 1. The SMILES string of the molecule is CCCOCCCn1nnc2cc(C(=O)O)ccc21. The molecule has 1 aromatic carbocycles. The third kappa shape index (κ3) is 3.29. The molecule has 0 bridgehead atoms. The van der Waals surface area contributed by atoms with E-state index in [4.69, 9.17) is 9.84 Å². The normalized spacial score (nSPS) is 11.0. The molecule has 19 heavy (non-hydrogen) atoms. The molecule has 0 aliphatic rings. The van der Waals surface area contributed by atoms with Crippen LogP contribution in [0.4, 0.5) is 0 Å². The Bertz CT molecular complexity index is 565. The molecule has 1 aromatic heterocycles. The molecule has 0 fully saturated rings. The van der Waals surface area contributed by atoms with E-state index in [0.29, 0.717) is 18.7 Å². The topological polar surface area (TPSA) is 77.2 Å². The molecule has 0 saturated carbocycles. The first-order valence-electron chi connectivity index (χ1n) is 6.36. The minimum absolute atomic E-state index is 0.228. The summed E-state index contributed by atoms with van der Waals surface area (Å²) in [5.74, 6) is -0.954. The number of ether oxygens (including phenoxy) is 1. The second-order valence-electron chi connectivity index (χ2n) is 4.29. The smallest absolute Gasteiger partial charge is 0.335 e. The van der Waals surface area contributed by atoms with E-state index in [1.165, 1.54) is 6.07 Å². The average molecular weight is 263 g/mol. The lowest BCUT2D eigenvalue weighted by Crippen LogP contribution is -2.05. The van der Waals surface area contributed by atoms with Crippen molar-refractivity contribution in [2.24, 2.45) is 0 Å². The predicted molar refractivity (Wildman–Crippen MR) is 70.2 cm³/mol. The summed E-state index contributed by atoms with van der Waals surface area (Å²) in [6.07, 6.45) is 1.88. The molecule has 6 nitrogen and oxygen atoms in total. The molecular weight excluding hydrogens is 246 g/mol. The van der Waals surface area contributed by atoms with Crippen LogP contribution in [-0.4, -0.2) is 39.3 Å². The van der Waals surface area contributed by atoms with Gasteiger partial charge in [-0.3, -0.25) is 0 Å². The molecule has 1 heterocycles. The van der Waals surface area contributed by atoms with E-state index in [1.54, 1.807) is 16.8 Å². The van der Waals surface area contributed by atoms with Gasteiger partial charge in [-0.2, -0.15) is 0 Å². The lowest BCUT2D eigenvalue weighted by Gasteiger charge is -2.03. The van der Waals surface area contributed by atoms with Gasteiger partial charge in [-0.15, -0.1) is 5.10 Å². The van der Waals surface area contributed by atoms with Crippen LogP contribution in [0.2, 0.25) is 0 Å². The van der Waals surface area contributed by atoms with Crippen molar-refractivity contribution >= 4 is 17.0 Å². The Morgan fingerprint density at radius 1 is 1.42 bits per heavy atom. The molecule has 0 atom stereocenters. The van der Waals surface area contributed by atoms with E-state index < -0.39 is 5.97 Å². The maximum atomic E-state index is 10.9. The molecule has 1 N–H and O–H groups in total. The highest BCUT2D eigenvalue weighted by Gasteiger charge is 2.08. The van der Waals surface area contributed by atoms with Gasteiger partial charge in [0.15, 0.2) is 0 Å². The zero-order chi connectivity index (χ0) is 13.7. The number of hydrogen-bond acceptors (Lipinski definition) is 4. The van der Waals surface area contributed by atoms with Crippen molar-refractivity contribution in [2.45, 2.75) is 26.3 Å². The van der Waals surface area contributed by atoms with Gasteiger partial charge < -0.3 is 9.84 Å². The van der Waals surface area contributed by atoms with Crippen LogP contribution in [0.3, 0.4) is 0 Å².